The van der Waals surface area contributed by atoms with Gasteiger partial charge in [0.1, 0.15) is 0 Å². The minimum absolute atomic E-state index is 0.772. The fraction of sp³-hybridized carbons (Fsp3) is 0. The lowest BCUT2D eigenvalue weighted by Gasteiger charge is -2.19. The number of benzene rings is 3. The maximum absolute atomic E-state index is 16.0. The Kier molecular flexibility index (Phi) is 4.31. The topological polar surface area (TPSA) is 0 Å². The van der Waals surface area contributed by atoms with Gasteiger partial charge >= 0.3 is 8.41 Å². The van der Waals surface area contributed by atoms with Crippen molar-refractivity contribution in [2.75, 3.05) is 0 Å². The summed E-state index contributed by atoms with van der Waals surface area (Å²) in [5.74, 6) is 0. The van der Waals surface area contributed by atoms with Crippen molar-refractivity contribution in [1.29, 1.82) is 0 Å². The molecule has 0 aromatic heterocycles. The zero-order valence-electron chi connectivity index (χ0n) is 12.2. The van der Waals surface area contributed by atoms with Crippen LogP contribution < -0.4 is 10.4 Å². The zero-order valence-corrected chi connectivity index (χ0v) is 13.2. The summed E-state index contributed by atoms with van der Waals surface area (Å²) in [4.78, 5) is 0. The summed E-state index contributed by atoms with van der Waals surface area (Å²) in [5, 5.41) is 1.54. The SMILES string of the molecule is F[Si](/C=C/c1ccccc1)(c1ccccc1)c1ccccc1. The lowest BCUT2D eigenvalue weighted by atomic mass is 10.2. The standard InChI is InChI=1S/C20H17FSi/c21-22(19-12-6-2-7-13-19,20-14-8-3-9-15-20)17-16-18-10-4-1-5-11-18/h1-17H/b17-16+. The van der Waals surface area contributed by atoms with Crippen LogP contribution in [0.3, 0.4) is 0 Å². The Bertz CT molecular complexity index is 697. The molecule has 0 atom stereocenters. The van der Waals surface area contributed by atoms with Gasteiger partial charge in [0, 0.05) is 0 Å². The Balaban J connectivity index is 2.06. The van der Waals surface area contributed by atoms with Gasteiger partial charge in [0.05, 0.1) is 0 Å². The highest BCUT2D eigenvalue weighted by Crippen LogP contribution is 2.12. The molecule has 3 aromatic carbocycles. The molecular weight excluding hydrogens is 287 g/mol. The molecule has 0 unspecified atom stereocenters. The molecule has 0 nitrogen and oxygen atoms in total. The van der Waals surface area contributed by atoms with E-state index in [-0.39, 0.29) is 0 Å². The summed E-state index contributed by atoms with van der Waals surface area (Å²) in [5.41, 5.74) is 2.79. The third-order valence-electron chi connectivity index (χ3n) is 3.69. The molecule has 0 fully saturated rings. The minimum Gasteiger partial charge on any atom is -0.296 e. The van der Waals surface area contributed by atoms with Crippen LogP contribution in [0.4, 0.5) is 4.11 Å². The monoisotopic (exact) mass is 304 g/mol. The van der Waals surface area contributed by atoms with Crippen molar-refractivity contribution in [1.82, 2.24) is 0 Å². The highest BCUT2D eigenvalue weighted by Gasteiger charge is 2.35. The Morgan fingerprint density at radius 3 is 1.45 bits per heavy atom. The van der Waals surface area contributed by atoms with Crippen LogP contribution in [0.25, 0.3) is 6.08 Å². The molecule has 0 spiro atoms. The van der Waals surface area contributed by atoms with Gasteiger partial charge in [0.15, 0.2) is 0 Å². The van der Waals surface area contributed by atoms with Crippen LogP contribution in [0.2, 0.25) is 0 Å². The van der Waals surface area contributed by atoms with Crippen molar-refractivity contribution in [3.05, 3.63) is 102 Å². The normalized spacial score (nSPS) is 11.7. The van der Waals surface area contributed by atoms with Gasteiger partial charge in [-0.15, -0.1) is 0 Å². The van der Waals surface area contributed by atoms with Crippen molar-refractivity contribution in [2.45, 2.75) is 0 Å². The summed E-state index contributed by atoms with van der Waals surface area (Å²) in [6, 6.07) is 28.8. The van der Waals surface area contributed by atoms with E-state index in [2.05, 4.69) is 0 Å². The smallest absolute Gasteiger partial charge is 0.296 e. The highest BCUT2D eigenvalue weighted by atomic mass is 28.4. The maximum atomic E-state index is 16.0. The Hall–Kier alpha value is -2.45. The molecule has 0 N–H and O–H groups in total. The molecule has 0 radical (unpaired) electrons. The average Bonchev–Trinajstić information content (AvgIpc) is 2.62. The first-order chi connectivity index (χ1) is 10.8. The van der Waals surface area contributed by atoms with Crippen LogP contribution in [0, 0.1) is 0 Å². The molecule has 22 heavy (non-hydrogen) atoms. The summed E-state index contributed by atoms with van der Waals surface area (Å²) < 4.78 is 16.0. The van der Waals surface area contributed by atoms with E-state index in [0.717, 1.165) is 15.9 Å². The Morgan fingerprint density at radius 1 is 0.591 bits per heavy atom. The van der Waals surface area contributed by atoms with Gasteiger partial charge in [-0.05, 0) is 15.9 Å². The lowest BCUT2D eigenvalue weighted by molar-refractivity contribution is 0.841. The van der Waals surface area contributed by atoms with Crippen LogP contribution in [0.5, 0.6) is 0 Å². The number of hydrogen-bond acceptors (Lipinski definition) is 0. The molecule has 0 aliphatic heterocycles. The minimum atomic E-state index is -3.36. The van der Waals surface area contributed by atoms with E-state index in [4.69, 9.17) is 0 Å². The molecule has 0 aliphatic rings. The van der Waals surface area contributed by atoms with E-state index in [1.165, 1.54) is 0 Å². The van der Waals surface area contributed by atoms with E-state index in [1.54, 1.807) is 5.70 Å². The van der Waals surface area contributed by atoms with Gasteiger partial charge in [-0.3, -0.25) is 4.11 Å². The third-order valence-corrected chi connectivity index (χ3v) is 6.67. The second-order valence-electron chi connectivity index (χ2n) is 5.19. The molecule has 108 valence electrons. The lowest BCUT2D eigenvalue weighted by Crippen LogP contribution is -2.53. The largest absolute Gasteiger partial charge is 0.332 e. The molecule has 0 saturated carbocycles. The molecule has 0 bridgehead atoms. The van der Waals surface area contributed by atoms with E-state index in [9.17, 15) is 0 Å². The van der Waals surface area contributed by atoms with Gasteiger partial charge in [-0.25, -0.2) is 0 Å². The van der Waals surface area contributed by atoms with Gasteiger partial charge in [0.2, 0.25) is 0 Å². The van der Waals surface area contributed by atoms with Gasteiger partial charge < -0.3 is 0 Å². The molecule has 3 rings (SSSR count). The summed E-state index contributed by atoms with van der Waals surface area (Å²) >= 11 is 0. The fourth-order valence-corrected chi connectivity index (χ4v) is 4.99. The molecule has 0 heterocycles. The van der Waals surface area contributed by atoms with E-state index in [1.807, 2.05) is 97.1 Å². The van der Waals surface area contributed by atoms with Crippen molar-refractivity contribution in [2.24, 2.45) is 0 Å². The summed E-state index contributed by atoms with van der Waals surface area (Å²) in [7, 11) is -3.36. The van der Waals surface area contributed by atoms with E-state index < -0.39 is 8.41 Å². The first-order valence-corrected chi connectivity index (χ1v) is 9.29. The first-order valence-electron chi connectivity index (χ1n) is 7.33. The van der Waals surface area contributed by atoms with Crippen LogP contribution >= 0.6 is 0 Å². The number of rotatable bonds is 4. The second-order valence-corrected chi connectivity index (χ2v) is 8.10. The van der Waals surface area contributed by atoms with E-state index >= 15 is 4.11 Å². The predicted molar refractivity (Wildman–Crippen MR) is 94.5 cm³/mol. The van der Waals surface area contributed by atoms with Crippen molar-refractivity contribution >= 4 is 24.9 Å². The van der Waals surface area contributed by atoms with Crippen molar-refractivity contribution in [3.63, 3.8) is 0 Å². The second kappa shape index (κ2) is 6.54. The molecule has 3 aromatic rings. The first kappa shape index (κ1) is 14.5. The molecule has 0 aliphatic carbocycles. The van der Waals surface area contributed by atoms with Crippen LogP contribution in [0.15, 0.2) is 96.7 Å². The van der Waals surface area contributed by atoms with Gasteiger partial charge in [0.25, 0.3) is 0 Å². The van der Waals surface area contributed by atoms with Crippen molar-refractivity contribution in [3.8, 4) is 0 Å². The maximum Gasteiger partial charge on any atom is 0.332 e. The van der Waals surface area contributed by atoms with Gasteiger partial charge in [-0.2, -0.15) is 0 Å². The van der Waals surface area contributed by atoms with Crippen LogP contribution in [-0.4, -0.2) is 8.41 Å². The Morgan fingerprint density at radius 2 is 1.00 bits per heavy atom. The predicted octanol–water partition coefficient (Wildman–Crippen LogP) is 3.97. The van der Waals surface area contributed by atoms with E-state index in [0.29, 0.717) is 0 Å². The average molecular weight is 304 g/mol. The fourth-order valence-electron chi connectivity index (χ4n) is 2.50. The molecule has 0 saturated heterocycles. The zero-order chi connectivity index (χ0) is 15.3. The highest BCUT2D eigenvalue weighted by molar-refractivity contribution is 7.01. The van der Waals surface area contributed by atoms with Crippen LogP contribution in [0.1, 0.15) is 5.56 Å². The summed E-state index contributed by atoms with van der Waals surface area (Å²) in [6.45, 7) is 0. The summed E-state index contributed by atoms with van der Waals surface area (Å²) in [6.07, 6.45) is 1.90. The van der Waals surface area contributed by atoms with Gasteiger partial charge in [-0.1, -0.05) is 103 Å². The quantitative estimate of drug-likeness (QED) is 0.505. The number of hydrogen-bond donors (Lipinski definition) is 0. The third kappa shape index (κ3) is 3.07. The molecule has 2 heteroatoms. The van der Waals surface area contributed by atoms with Crippen molar-refractivity contribution < 1.29 is 4.11 Å². The molecular formula is C20H17FSi. The number of halogens is 1. The Labute approximate surface area is 131 Å². The van der Waals surface area contributed by atoms with Crippen LogP contribution in [-0.2, 0) is 0 Å². The molecule has 0 amide bonds.